The van der Waals surface area contributed by atoms with Gasteiger partial charge in [0.15, 0.2) is 11.7 Å². The number of hydrogen-bond acceptors (Lipinski definition) is 4. The van der Waals surface area contributed by atoms with E-state index in [0.717, 1.165) is 10.4 Å². The Bertz CT molecular complexity index is 1210. The van der Waals surface area contributed by atoms with E-state index in [4.69, 9.17) is 23.2 Å². The van der Waals surface area contributed by atoms with Crippen LogP contribution in [-0.2, 0) is 0 Å². The SMILES string of the molecule is O=C(c1nn2c(c1Cl)NC(c1ccc(Cl)cc1)CC2C(F)(F)F)N1CCN(c2ccccc2)CC1. The van der Waals surface area contributed by atoms with Crippen molar-refractivity contribution in [3.63, 3.8) is 0 Å². The molecular weight excluding hydrogens is 502 g/mol. The van der Waals surface area contributed by atoms with Crippen molar-refractivity contribution in [1.82, 2.24) is 14.7 Å². The first-order valence-electron chi connectivity index (χ1n) is 11.2. The number of nitrogens with one attached hydrogen (secondary N) is 1. The molecule has 1 aromatic heterocycles. The summed E-state index contributed by atoms with van der Waals surface area (Å²) in [5.74, 6) is -0.484. The molecule has 11 heteroatoms. The molecule has 1 saturated heterocycles. The van der Waals surface area contributed by atoms with Crippen molar-refractivity contribution in [2.24, 2.45) is 0 Å². The first-order chi connectivity index (χ1) is 16.7. The fraction of sp³-hybridized carbons (Fsp3) is 0.333. The Balaban J connectivity index is 1.39. The van der Waals surface area contributed by atoms with Gasteiger partial charge in [0.25, 0.3) is 5.91 Å². The van der Waals surface area contributed by atoms with Crippen molar-refractivity contribution in [1.29, 1.82) is 0 Å². The number of hydrogen-bond donors (Lipinski definition) is 1. The number of benzene rings is 2. The van der Waals surface area contributed by atoms with E-state index >= 15 is 0 Å². The van der Waals surface area contributed by atoms with E-state index in [2.05, 4.69) is 15.3 Å². The summed E-state index contributed by atoms with van der Waals surface area (Å²) < 4.78 is 42.9. The second-order valence-corrected chi connectivity index (χ2v) is 9.43. The molecule has 0 spiro atoms. The van der Waals surface area contributed by atoms with Crippen LogP contribution in [0.5, 0.6) is 0 Å². The minimum atomic E-state index is -4.57. The first kappa shape index (κ1) is 23.8. The Morgan fingerprint density at radius 1 is 0.971 bits per heavy atom. The quantitative estimate of drug-likeness (QED) is 0.470. The second-order valence-electron chi connectivity index (χ2n) is 8.61. The lowest BCUT2D eigenvalue weighted by Gasteiger charge is -2.35. The molecule has 0 aliphatic carbocycles. The highest BCUT2D eigenvalue weighted by Gasteiger charge is 2.48. The van der Waals surface area contributed by atoms with Gasteiger partial charge in [-0.15, -0.1) is 0 Å². The van der Waals surface area contributed by atoms with Crippen LogP contribution in [0.3, 0.4) is 0 Å². The molecule has 0 bridgehead atoms. The molecule has 3 heterocycles. The van der Waals surface area contributed by atoms with Crippen molar-refractivity contribution >= 4 is 40.6 Å². The van der Waals surface area contributed by atoms with Crippen LogP contribution in [0.25, 0.3) is 0 Å². The van der Waals surface area contributed by atoms with Gasteiger partial charge in [0.1, 0.15) is 10.8 Å². The zero-order chi connectivity index (χ0) is 24.7. The summed E-state index contributed by atoms with van der Waals surface area (Å²) >= 11 is 12.4. The average molecular weight is 524 g/mol. The number of alkyl halides is 3. The third-order valence-corrected chi connectivity index (χ3v) is 7.07. The van der Waals surface area contributed by atoms with Crippen LogP contribution in [0.15, 0.2) is 54.6 Å². The minimum absolute atomic E-state index is 0.00790. The first-order valence-corrected chi connectivity index (χ1v) is 11.9. The van der Waals surface area contributed by atoms with Gasteiger partial charge in [-0.1, -0.05) is 53.5 Å². The number of anilines is 2. The third kappa shape index (κ3) is 4.67. The van der Waals surface area contributed by atoms with Crippen molar-refractivity contribution in [3.8, 4) is 0 Å². The third-order valence-electron chi connectivity index (χ3n) is 6.46. The molecule has 1 N–H and O–H groups in total. The number of rotatable bonds is 3. The van der Waals surface area contributed by atoms with Gasteiger partial charge < -0.3 is 15.1 Å². The lowest BCUT2D eigenvalue weighted by atomic mass is 9.97. The molecule has 1 fully saturated rings. The number of amides is 1. The molecule has 184 valence electrons. The summed E-state index contributed by atoms with van der Waals surface area (Å²) in [7, 11) is 0. The molecule has 5 rings (SSSR count). The van der Waals surface area contributed by atoms with E-state index in [1.165, 1.54) is 0 Å². The van der Waals surface area contributed by atoms with Crippen LogP contribution < -0.4 is 10.2 Å². The van der Waals surface area contributed by atoms with Crippen LogP contribution in [0.4, 0.5) is 24.7 Å². The molecule has 35 heavy (non-hydrogen) atoms. The Kier molecular flexibility index (Phi) is 6.31. The van der Waals surface area contributed by atoms with Gasteiger partial charge in [0.2, 0.25) is 0 Å². The number of halogens is 5. The van der Waals surface area contributed by atoms with Crippen molar-refractivity contribution in [2.75, 3.05) is 36.4 Å². The maximum Gasteiger partial charge on any atom is 0.410 e. The van der Waals surface area contributed by atoms with E-state index in [0.29, 0.717) is 36.8 Å². The zero-order valence-corrected chi connectivity index (χ0v) is 20.0. The van der Waals surface area contributed by atoms with Gasteiger partial charge in [0.05, 0.1) is 6.04 Å². The molecule has 6 nitrogen and oxygen atoms in total. The van der Waals surface area contributed by atoms with Crippen molar-refractivity contribution < 1.29 is 18.0 Å². The van der Waals surface area contributed by atoms with E-state index in [1.54, 1.807) is 29.2 Å². The summed E-state index contributed by atoms with van der Waals surface area (Å²) in [6.45, 7) is 2.03. The van der Waals surface area contributed by atoms with E-state index in [1.807, 2.05) is 30.3 Å². The summed E-state index contributed by atoms with van der Waals surface area (Å²) in [5.41, 5.74) is 1.52. The van der Waals surface area contributed by atoms with E-state index in [-0.39, 0.29) is 23.0 Å². The summed E-state index contributed by atoms with van der Waals surface area (Å²) in [6, 6.07) is 13.8. The van der Waals surface area contributed by atoms with Gasteiger partial charge in [-0.25, -0.2) is 4.68 Å². The molecule has 0 radical (unpaired) electrons. The Morgan fingerprint density at radius 2 is 1.63 bits per heavy atom. The Hall–Kier alpha value is -2.91. The molecule has 2 aromatic carbocycles. The molecule has 2 unspecified atom stereocenters. The number of para-hydroxylation sites is 1. The van der Waals surface area contributed by atoms with Gasteiger partial charge in [-0.3, -0.25) is 4.79 Å². The van der Waals surface area contributed by atoms with Crippen molar-refractivity contribution in [2.45, 2.75) is 24.7 Å². The van der Waals surface area contributed by atoms with Crippen LogP contribution in [0.2, 0.25) is 10.0 Å². The topological polar surface area (TPSA) is 53.4 Å². The van der Waals surface area contributed by atoms with Gasteiger partial charge in [0, 0.05) is 43.3 Å². The minimum Gasteiger partial charge on any atom is -0.368 e. The summed E-state index contributed by atoms with van der Waals surface area (Å²) in [6.07, 6.45) is -4.86. The molecule has 0 saturated carbocycles. The number of nitrogens with zero attached hydrogens (tertiary/aromatic N) is 4. The number of piperazine rings is 1. The highest BCUT2D eigenvalue weighted by Crippen LogP contribution is 2.46. The van der Waals surface area contributed by atoms with Crippen molar-refractivity contribution in [3.05, 3.63) is 75.9 Å². The Morgan fingerprint density at radius 3 is 2.26 bits per heavy atom. The molecule has 1 amide bonds. The second kappa shape index (κ2) is 9.28. The summed E-state index contributed by atoms with van der Waals surface area (Å²) in [4.78, 5) is 17.0. The lowest BCUT2D eigenvalue weighted by molar-refractivity contribution is -0.173. The van der Waals surface area contributed by atoms with E-state index < -0.39 is 24.2 Å². The lowest BCUT2D eigenvalue weighted by Crippen LogP contribution is -2.49. The van der Waals surface area contributed by atoms with Crippen LogP contribution >= 0.6 is 23.2 Å². The molecular formula is C24H22Cl2F3N5O. The van der Waals surface area contributed by atoms with Crippen LogP contribution in [-0.4, -0.2) is 52.9 Å². The largest absolute Gasteiger partial charge is 0.410 e. The number of aromatic nitrogens is 2. The molecule has 2 atom stereocenters. The average Bonchev–Trinajstić information content (AvgIpc) is 3.19. The highest BCUT2D eigenvalue weighted by molar-refractivity contribution is 6.36. The highest BCUT2D eigenvalue weighted by atomic mass is 35.5. The smallest absolute Gasteiger partial charge is 0.368 e. The van der Waals surface area contributed by atoms with Gasteiger partial charge in [-0.2, -0.15) is 18.3 Å². The monoisotopic (exact) mass is 523 g/mol. The standard InChI is InChI=1S/C24H22Cl2F3N5O/c25-16-8-6-15(7-9-16)18-14-19(24(27,28)29)34-22(30-18)20(26)21(31-34)23(35)33-12-10-32(11-13-33)17-4-2-1-3-5-17/h1-9,18-19,30H,10-14H2. The fourth-order valence-corrected chi connectivity index (χ4v) is 4.98. The predicted octanol–water partition coefficient (Wildman–Crippen LogP) is 5.81. The normalized spacial score (nSPS) is 20.4. The number of carbonyl (C=O) groups excluding carboxylic acids is 1. The Labute approximate surface area is 210 Å². The van der Waals surface area contributed by atoms with Gasteiger partial charge >= 0.3 is 6.18 Å². The van der Waals surface area contributed by atoms with Gasteiger partial charge in [-0.05, 0) is 29.8 Å². The maximum atomic E-state index is 14.0. The van der Waals surface area contributed by atoms with Crippen LogP contribution in [0, 0.1) is 0 Å². The zero-order valence-electron chi connectivity index (χ0n) is 18.5. The molecule has 2 aliphatic heterocycles. The number of carbonyl (C=O) groups is 1. The summed E-state index contributed by atoms with van der Waals surface area (Å²) in [5, 5.41) is 7.51. The maximum absolute atomic E-state index is 14.0. The number of fused-ring (bicyclic) bond motifs is 1. The van der Waals surface area contributed by atoms with E-state index in [9.17, 15) is 18.0 Å². The predicted molar refractivity (Wildman–Crippen MR) is 129 cm³/mol. The fourth-order valence-electron chi connectivity index (χ4n) is 4.60. The van der Waals surface area contributed by atoms with Crippen LogP contribution in [0.1, 0.15) is 34.6 Å². The molecule has 3 aromatic rings. The molecule has 2 aliphatic rings.